The van der Waals surface area contributed by atoms with E-state index in [0.717, 1.165) is 18.7 Å². The van der Waals surface area contributed by atoms with E-state index < -0.39 is 5.60 Å². The van der Waals surface area contributed by atoms with E-state index in [2.05, 4.69) is 5.32 Å². The number of aliphatic hydroxyl groups is 1. The van der Waals surface area contributed by atoms with Crippen molar-refractivity contribution in [2.24, 2.45) is 0 Å². The first-order valence-corrected chi connectivity index (χ1v) is 7.23. The van der Waals surface area contributed by atoms with Crippen molar-refractivity contribution < 1.29 is 14.6 Å². The number of hydrogen-bond donors (Lipinski definition) is 2. The summed E-state index contributed by atoms with van der Waals surface area (Å²) in [5, 5.41) is 13.7. The highest BCUT2D eigenvalue weighted by Gasteiger charge is 2.21. The van der Waals surface area contributed by atoms with Crippen molar-refractivity contribution >= 4 is 11.6 Å². The number of halogens is 1. The third kappa shape index (κ3) is 4.85. The van der Waals surface area contributed by atoms with E-state index in [1.165, 1.54) is 0 Å². The lowest BCUT2D eigenvalue weighted by Crippen LogP contribution is -2.31. The number of hydrogen-bond acceptors (Lipinski definition) is 4. The van der Waals surface area contributed by atoms with Crippen molar-refractivity contribution in [3.63, 3.8) is 0 Å². The van der Waals surface area contributed by atoms with Gasteiger partial charge in [0.25, 0.3) is 0 Å². The molecule has 0 bridgehead atoms. The molecule has 4 nitrogen and oxygen atoms in total. The van der Waals surface area contributed by atoms with Crippen LogP contribution in [0.2, 0.25) is 5.02 Å². The topological polar surface area (TPSA) is 50.7 Å². The first-order chi connectivity index (χ1) is 9.43. The molecule has 0 aliphatic rings. The molecule has 0 saturated carbocycles. The summed E-state index contributed by atoms with van der Waals surface area (Å²) < 4.78 is 11.0. The Morgan fingerprint density at radius 1 is 1.35 bits per heavy atom. The summed E-state index contributed by atoms with van der Waals surface area (Å²) in [6.07, 6.45) is 0.603. The van der Waals surface area contributed by atoms with Gasteiger partial charge in [0, 0.05) is 6.54 Å². The first-order valence-electron chi connectivity index (χ1n) is 6.85. The molecule has 0 aromatic heterocycles. The molecular formula is C15H24ClNO3. The maximum atomic E-state index is 9.99. The molecule has 1 unspecified atom stereocenters. The molecule has 1 aromatic rings. The summed E-state index contributed by atoms with van der Waals surface area (Å²) in [6, 6.07) is 3.74. The van der Waals surface area contributed by atoms with Crippen LogP contribution < -0.4 is 14.8 Å². The van der Waals surface area contributed by atoms with Gasteiger partial charge in [0.15, 0.2) is 11.5 Å². The average Bonchev–Trinajstić information content (AvgIpc) is 2.43. The SMILES string of the molecule is CCNCc1cc(Cl)c(OCC(C)(O)CC)c(OC)c1. The average molecular weight is 302 g/mol. The molecule has 0 heterocycles. The van der Waals surface area contributed by atoms with Crippen LogP contribution in [0.15, 0.2) is 12.1 Å². The van der Waals surface area contributed by atoms with Gasteiger partial charge in [-0.3, -0.25) is 0 Å². The Morgan fingerprint density at radius 3 is 2.60 bits per heavy atom. The predicted molar refractivity (Wildman–Crippen MR) is 81.8 cm³/mol. The molecule has 0 aliphatic heterocycles. The zero-order valence-corrected chi connectivity index (χ0v) is 13.4. The lowest BCUT2D eigenvalue weighted by atomic mass is 10.1. The van der Waals surface area contributed by atoms with Gasteiger partial charge in [0.2, 0.25) is 0 Å². The fraction of sp³-hybridized carbons (Fsp3) is 0.600. The molecule has 0 saturated heterocycles. The maximum absolute atomic E-state index is 9.99. The summed E-state index contributed by atoms with van der Waals surface area (Å²) in [5.41, 5.74) is 0.153. The van der Waals surface area contributed by atoms with E-state index >= 15 is 0 Å². The van der Waals surface area contributed by atoms with Gasteiger partial charge in [-0.15, -0.1) is 0 Å². The van der Waals surface area contributed by atoms with Gasteiger partial charge >= 0.3 is 0 Å². The van der Waals surface area contributed by atoms with Crippen molar-refractivity contribution in [2.45, 2.75) is 39.3 Å². The van der Waals surface area contributed by atoms with Gasteiger partial charge in [0.05, 0.1) is 17.7 Å². The van der Waals surface area contributed by atoms with Crippen molar-refractivity contribution in [1.82, 2.24) is 5.32 Å². The molecule has 1 aromatic carbocycles. The highest BCUT2D eigenvalue weighted by Crippen LogP contribution is 2.37. The van der Waals surface area contributed by atoms with Crippen LogP contribution in [0.5, 0.6) is 11.5 Å². The highest BCUT2D eigenvalue weighted by atomic mass is 35.5. The van der Waals surface area contributed by atoms with Crippen LogP contribution in [0.4, 0.5) is 0 Å². The third-order valence-electron chi connectivity index (χ3n) is 3.16. The summed E-state index contributed by atoms with van der Waals surface area (Å²) in [7, 11) is 1.58. The zero-order valence-electron chi connectivity index (χ0n) is 12.6. The Morgan fingerprint density at radius 2 is 2.05 bits per heavy atom. The maximum Gasteiger partial charge on any atom is 0.179 e. The van der Waals surface area contributed by atoms with Crippen molar-refractivity contribution in [3.8, 4) is 11.5 Å². The number of nitrogens with one attached hydrogen (secondary N) is 1. The molecule has 0 aliphatic carbocycles. The molecule has 0 amide bonds. The van der Waals surface area contributed by atoms with Crippen molar-refractivity contribution in [1.29, 1.82) is 0 Å². The molecule has 1 atom stereocenters. The molecule has 0 radical (unpaired) electrons. The fourth-order valence-corrected chi connectivity index (χ4v) is 1.90. The van der Waals surface area contributed by atoms with Crippen LogP contribution in [0.1, 0.15) is 32.8 Å². The standard InChI is InChI=1S/C15H24ClNO3/c1-5-15(3,18)10-20-14-12(16)7-11(9-17-6-2)8-13(14)19-4/h7-8,17-18H,5-6,9-10H2,1-4H3. The zero-order chi connectivity index (χ0) is 15.2. The Labute approximate surface area is 126 Å². The molecule has 5 heteroatoms. The molecule has 20 heavy (non-hydrogen) atoms. The molecule has 114 valence electrons. The van der Waals surface area contributed by atoms with Gasteiger partial charge in [-0.05, 0) is 37.6 Å². The molecule has 0 spiro atoms. The van der Waals surface area contributed by atoms with Crippen LogP contribution in [-0.4, -0.2) is 31.0 Å². The summed E-state index contributed by atoms with van der Waals surface area (Å²) in [6.45, 7) is 7.46. The van der Waals surface area contributed by atoms with Gasteiger partial charge < -0.3 is 19.9 Å². The lowest BCUT2D eigenvalue weighted by Gasteiger charge is -2.23. The summed E-state index contributed by atoms with van der Waals surface area (Å²) in [4.78, 5) is 0. The van der Waals surface area contributed by atoms with Crippen LogP contribution in [0.3, 0.4) is 0 Å². The fourth-order valence-electron chi connectivity index (χ4n) is 1.61. The van der Waals surface area contributed by atoms with Gasteiger partial charge in [-0.25, -0.2) is 0 Å². The number of benzene rings is 1. The van der Waals surface area contributed by atoms with Crippen LogP contribution in [0, 0.1) is 0 Å². The second-order valence-electron chi connectivity index (χ2n) is 5.03. The van der Waals surface area contributed by atoms with E-state index in [0.29, 0.717) is 22.9 Å². The predicted octanol–water partition coefficient (Wildman–Crippen LogP) is 3.00. The van der Waals surface area contributed by atoms with Crippen molar-refractivity contribution in [3.05, 3.63) is 22.7 Å². The second kappa shape index (κ2) is 7.72. The van der Waals surface area contributed by atoms with E-state index in [1.54, 1.807) is 14.0 Å². The third-order valence-corrected chi connectivity index (χ3v) is 3.44. The van der Waals surface area contributed by atoms with Gasteiger partial charge in [-0.2, -0.15) is 0 Å². The molecule has 0 fully saturated rings. The molecular weight excluding hydrogens is 278 g/mol. The van der Waals surface area contributed by atoms with Crippen LogP contribution in [0.25, 0.3) is 0 Å². The quantitative estimate of drug-likeness (QED) is 0.775. The van der Waals surface area contributed by atoms with E-state index in [4.69, 9.17) is 21.1 Å². The normalized spacial score (nSPS) is 13.9. The van der Waals surface area contributed by atoms with E-state index in [9.17, 15) is 5.11 Å². The number of ether oxygens (including phenoxy) is 2. The van der Waals surface area contributed by atoms with Gasteiger partial charge in [-0.1, -0.05) is 25.4 Å². The molecule has 2 N–H and O–H groups in total. The van der Waals surface area contributed by atoms with Crippen molar-refractivity contribution in [2.75, 3.05) is 20.3 Å². The largest absolute Gasteiger partial charge is 0.493 e. The second-order valence-corrected chi connectivity index (χ2v) is 5.44. The van der Waals surface area contributed by atoms with Gasteiger partial charge in [0.1, 0.15) is 6.61 Å². The minimum atomic E-state index is -0.878. The minimum Gasteiger partial charge on any atom is -0.493 e. The molecule has 1 rings (SSSR count). The van der Waals surface area contributed by atoms with Crippen LogP contribution in [-0.2, 0) is 6.54 Å². The Kier molecular flexibility index (Phi) is 6.59. The van der Waals surface area contributed by atoms with E-state index in [-0.39, 0.29) is 6.61 Å². The first kappa shape index (κ1) is 17.1. The monoisotopic (exact) mass is 301 g/mol. The lowest BCUT2D eigenvalue weighted by molar-refractivity contribution is 0.00779. The summed E-state index contributed by atoms with van der Waals surface area (Å²) in [5.74, 6) is 1.06. The highest BCUT2D eigenvalue weighted by molar-refractivity contribution is 6.32. The minimum absolute atomic E-state index is 0.173. The Balaban J connectivity index is 2.90. The van der Waals surface area contributed by atoms with E-state index in [1.807, 2.05) is 26.0 Å². The number of methoxy groups -OCH3 is 1. The Hall–Kier alpha value is -0.970. The Bertz CT molecular complexity index is 435. The van der Waals surface area contributed by atoms with Crippen LogP contribution >= 0.6 is 11.6 Å². The smallest absolute Gasteiger partial charge is 0.179 e. The number of rotatable bonds is 8. The summed E-state index contributed by atoms with van der Waals surface area (Å²) >= 11 is 6.25.